The van der Waals surface area contributed by atoms with Crippen LogP contribution < -0.4 is 11.1 Å². The summed E-state index contributed by atoms with van der Waals surface area (Å²) in [6.07, 6.45) is 0. The van der Waals surface area contributed by atoms with Crippen molar-refractivity contribution < 1.29 is 14.3 Å². The molecule has 0 bridgehead atoms. The summed E-state index contributed by atoms with van der Waals surface area (Å²) in [6.45, 7) is 3.69. The second-order valence-corrected chi connectivity index (χ2v) is 4.43. The summed E-state index contributed by atoms with van der Waals surface area (Å²) in [6, 6.07) is 5.00. The standard InChI is InChI=1S/C13H17N3O3/c1-9-2-3-10(14)8-11(9)12(17)19-7-6-16-5-4-15-13(16)18/h2-3,8H,4-7,14H2,1H3,(H,15,18). The second-order valence-electron chi connectivity index (χ2n) is 4.43. The van der Waals surface area contributed by atoms with Crippen molar-refractivity contribution in [2.75, 3.05) is 32.0 Å². The minimum atomic E-state index is -0.413. The number of esters is 1. The molecule has 0 unspecified atom stereocenters. The summed E-state index contributed by atoms with van der Waals surface area (Å²) >= 11 is 0. The smallest absolute Gasteiger partial charge is 0.338 e. The minimum Gasteiger partial charge on any atom is -0.460 e. The second kappa shape index (κ2) is 5.60. The van der Waals surface area contributed by atoms with Gasteiger partial charge >= 0.3 is 12.0 Å². The average molecular weight is 263 g/mol. The summed E-state index contributed by atoms with van der Waals surface area (Å²) in [5, 5.41) is 2.69. The fraction of sp³-hybridized carbons (Fsp3) is 0.385. The lowest BCUT2D eigenvalue weighted by atomic mass is 10.1. The van der Waals surface area contributed by atoms with Crippen LogP contribution in [0.25, 0.3) is 0 Å². The Bertz CT molecular complexity index is 502. The molecule has 102 valence electrons. The number of rotatable bonds is 4. The zero-order valence-electron chi connectivity index (χ0n) is 10.8. The molecule has 0 saturated carbocycles. The predicted octanol–water partition coefficient (Wildman–Crippen LogP) is 0.759. The lowest BCUT2D eigenvalue weighted by Gasteiger charge is -2.14. The van der Waals surface area contributed by atoms with Gasteiger partial charge in [-0.1, -0.05) is 6.07 Å². The largest absolute Gasteiger partial charge is 0.460 e. The van der Waals surface area contributed by atoms with Crippen LogP contribution >= 0.6 is 0 Å². The number of nitrogen functional groups attached to an aromatic ring is 1. The number of aryl methyl sites for hydroxylation is 1. The quantitative estimate of drug-likeness (QED) is 0.620. The van der Waals surface area contributed by atoms with E-state index in [2.05, 4.69) is 5.32 Å². The molecule has 0 spiro atoms. The molecule has 19 heavy (non-hydrogen) atoms. The lowest BCUT2D eigenvalue weighted by molar-refractivity contribution is 0.0480. The molecule has 2 rings (SSSR count). The lowest BCUT2D eigenvalue weighted by Crippen LogP contribution is -2.31. The first-order valence-corrected chi connectivity index (χ1v) is 6.14. The highest BCUT2D eigenvalue weighted by atomic mass is 16.5. The Morgan fingerprint density at radius 1 is 1.53 bits per heavy atom. The van der Waals surface area contributed by atoms with E-state index in [0.29, 0.717) is 30.9 Å². The normalized spacial score (nSPS) is 14.4. The van der Waals surface area contributed by atoms with Gasteiger partial charge in [-0.3, -0.25) is 0 Å². The number of carbonyl (C=O) groups is 2. The minimum absolute atomic E-state index is 0.115. The third-order valence-electron chi connectivity index (χ3n) is 3.02. The van der Waals surface area contributed by atoms with Crippen LogP contribution in [0.4, 0.5) is 10.5 Å². The highest BCUT2D eigenvalue weighted by Crippen LogP contribution is 2.13. The molecule has 6 heteroatoms. The maximum absolute atomic E-state index is 11.9. The molecule has 0 atom stereocenters. The van der Waals surface area contributed by atoms with E-state index in [1.54, 1.807) is 23.1 Å². The van der Waals surface area contributed by atoms with Crippen molar-refractivity contribution in [3.8, 4) is 0 Å². The Kier molecular flexibility index (Phi) is 3.89. The molecule has 3 N–H and O–H groups in total. The summed E-state index contributed by atoms with van der Waals surface area (Å²) < 4.78 is 5.16. The van der Waals surface area contributed by atoms with Gasteiger partial charge in [0.2, 0.25) is 0 Å². The van der Waals surface area contributed by atoms with E-state index in [9.17, 15) is 9.59 Å². The zero-order valence-corrected chi connectivity index (χ0v) is 10.8. The van der Waals surface area contributed by atoms with Gasteiger partial charge < -0.3 is 20.7 Å². The van der Waals surface area contributed by atoms with Crippen molar-refractivity contribution in [3.05, 3.63) is 29.3 Å². The predicted molar refractivity (Wildman–Crippen MR) is 70.8 cm³/mol. The van der Waals surface area contributed by atoms with Gasteiger partial charge in [-0.05, 0) is 24.6 Å². The third-order valence-corrected chi connectivity index (χ3v) is 3.02. The Hall–Kier alpha value is -2.24. The molecule has 0 aromatic heterocycles. The van der Waals surface area contributed by atoms with E-state index >= 15 is 0 Å². The number of hydrogen-bond acceptors (Lipinski definition) is 4. The monoisotopic (exact) mass is 263 g/mol. The molecule has 6 nitrogen and oxygen atoms in total. The van der Waals surface area contributed by atoms with Crippen LogP contribution in [0.3, 0.4) is 0 Å². The molecule has 1 heterocycles. The topological polar surface area (TPSA) is 84.7 Å². The molecular formula is C13H17N3O3. The molecule has 1 aromatic carbocycles. The highest BCUT2D eigenvalue weighted by Gasteiger charge is 2.19. The van der Waals surface area contributed by atoms with Crippen molar-refractivity contribution in [2.24, 2.45) is 0 Å². The van der Waals surface area contributed by atoms with Crippen molar-refractivity contribution in [3.63, 3.8) is 0 Å². The molecule has 1 saturated heterocycles. The van der Waals surface area contributed by atoms with Crippen LogP contribution in [0.5, 0.6) is 0 Å². The molecule has 1 aromatic rings. The Morgan fingerprint density at radius 3 is 3.00 bits per heavy atom. The molecule has 1 fully saturated rings. The van der Waals surface area contributed by atoms with Crippen molar-refractivity contribution in [1.82, 2.24) is 10.2 Å². The van der Waals surface area contributed by atoms with Gasteiger partial charge in [-0.25, -0.2) is 9.59 Å². The number of benzene rings is 1. The van der Waals surface area contributed by atoms with Crippen molar-refractivity contribution >= 4 is 17.7 Å². The van der Waals surface area contributed by atoms with Crippen LogP contribution in [0.2, 0.25) is 0 Å². The van der Waals surface area contributed by atoms with Gasteiger partial charge in [0.15, 0.2) is 0 Å². The van der Waals surface area contributed by atoms with E-state index < -0.39 is 5.97 Å². The van der Waals surface area contributed by atoms with Crippen LogP contribution in [0.1, 0.15) is 15.9 Å². The summed E-state index contributed by atoms with van der Waals surface area (Å²) in [7, 11) is 0. The number of anilines is 1. The molecule has 0 aliphatic carbocycles. The molecule has 2 amide bonds. The molecule has 0 radical (unpaired) electrons. The van der Waals surface area contributed by atoms with E-state index in [1.165, 1.54) is 0 Å². The number of urea groups is 1. The summed E-state index contributed by atoms with van der Waals surface area (Å²) in [4.78, 5) is 24.8. The number of nitrogens with two attached hydrogens (primary N) is 1. The van der Waals surface area contributed by atoms with Crippen LogP contribution in [-0.2, 0) is 4.74 Å². The van der Waals surface area contributed by atoms with E-state index in [4.69, 9.17) is 10.5 Å². The highest BCUT2D eigenvalue weighted by molar-refractivity contribution is 5.92. The number of carbonyl (C=O) groups excluding carboxylic acids is 2. The first-order chi connectivity index (χ1) is 9.08. The first-order valence-electron chi connectivity index (χ1n) is 6.14. The number of hydrogen-bond donors (Lipinski definition) is 2. The van der Waals surface area contributed by atoms with Crippen LogP contribution in [0, 0.1) is 6.92 Å². The third kappa shape index (κ3) is 3.15. The zero-order chi connectivity index (χ0) is 13.8. The van der Waals surface area contributed by atoms with Gasteiger partial charge in [0, 0.05) is 18.8 Å². The summed E-state index contributed by atoms with van der Waals surface area (Å²) in [5.74, 6) is -0.413. The fourth-order valence-electron chi connectivity index (χ4n) is 1.91. The average Bonchev–Trinajstić information content (AvgIpc) is 2.78. The SMILES string of the molecule is Cc1ccc(N)cc1C(=O)OCCN1CCNC1=O. The molecule has 1 aliphatic rings. The van der Waals surface area contributed by atoms with Gasteiger partial charge in [-0.2, -0.15) is 0 Å². The van der Waals surface area contributed by atoms with Crippen molar-refractivity contribution in [2.45, 2.75) is 6.92 Å². The Balaban J connectivity index is 1.87. The Labute approximate surface area is 111 Å². The molecule has 1 aliphatic heterocycles. The van der Waals surface area contributed by atoms with Crippen LogP contribution in [-0.4, -0.2) is 43.1 Å². The van der Waals surface area contributed by atoms with Gasteiger partial charge in [0.1, 0.15) is 6.61 Å². The summed E-state index contributed by atoms with van der Waals surface area (Å²) in [5.41, 5.74) is 7.45. The number of nitrogens with one attached hydrogen (secondary N) is 1. The van der Waals surface area contributed by atoms with Crippen LogP contribution in [0.15, 0.2) is 18.2 Å². The van der Waals surface area contributed by atoms with Gasteiger partial charge in [0.25, 0.3) is 0 Å². The number of amides is 2. The van der Waals surface area contributed by atoms with E-state index in [-0.39, 0.29) is 12.6 Å². The maximum Gasteiger partial charge on any atom is 0.338 e. The van der Waals surface area contributed by atoms with E-state index in [0.717, 1.165) is 5.56 Å². The number of ether oxygens (including phenoxy) is 1. The first kappa shape index (κ1) is 13.2. The Morgan fingerprint density at radius 2 is 2.32 bits per heavy atom. The molecular weight excluding hydrogens is 246 g/mol. The van der Waals surface area contributed by atoms with E-state index in [1.807, 2.05) is 6.92 Å². The van der Waals surface area contributed by atoms with Gasteiger partial charge in [-0.15, -0.1) is 0 Å². The maximum atomic E-state index is 11.9. The van der Waals surface area contributed by atoms with Crippen molar-refractivity contribution in [1.29, 1.82) is 0 Å². The number of nitrogens with zero attached hydrogens (tertiary/aromatic N) is 1. The fourth-order valence-corrected chi connectivity index (χ4v) is 1.91. The van der Waals surface area contributed by atoms with Gasteiger partial charge in [0.05, 0.1) is 12.1 Å².